The van der Waals surface area contributed by atoms with E-state index in [-0.39, 0.29) is 34.2 Å². The van der Waals surface area contributed by atoms with Crippen LogP contribution < -0.4 is 5.73 Å². The highest BCUT2D eigenvalue weighted by molar-refractivity contribution is 8.04. The molecule has 1 aliphatic carbocycles. The lowest BCUT2D eigenvalue weighted by Gasteiger charge is -2.44. The molecule has 8 heteroatoms. The number of nitrogen functional groups attached to an aromatic ring is 1. The summed E-state index contributed by atoms with van der Waals surface area (Å²) in [4.78, 5) is 19.2. The Labute approximate surface area is 231 Å². The normalized spacial score (nSPS) is 21.2. The van der Waals surface area contributed by atoms with Gasteiger partial charge in [0, 0.05) is 11.3 Å². The maximum Gasteiger partial charge on any atom is 0.349 e. The Morgan fingerprint density at radius 2 is 1.97 bits per heavy atom. The van der Waals surface area contributed by atoms with Gasteiger partial charge in [-0.15, -0.1) is 0 Å². The number of thioether (sulfide) groups is 1. The van der Waals surface area contributed by atoms with E-state index in [1.54, 1.807) is 6.07 Å². The first-order valence-corrected chi connectivity index (χ1v) is 15.0. The van der Waals surface area contributed by atoms with E-state index in [0.29, 0.717) is 18.0 Å². The molecule has 0 saturated heterocycles. The number of aliphatic hydroxyl groups excluding tert-OH is 1. The number of anilines is 1. The summed E-state index contributed by atoms with van der Waals surface area (Å²) in [7, 11) is 0. The Hall–Kier alpha value is -2.58. The average Bonchev–Trinajstić information content (AvgIpc) is 3.23. The number of rotatable bonds is 6. The fourth-order valence-corrected chi connectivity index (χ4v) is 7.87. The highest BCUT2D eigenvalue weighted by atomic mass is 32.2. The number of aryl methyl sites for hydroxylation is 1. The van der Waals surface area contributed by atoms with E-state index >= 15 is 0 Å². The number of nitrogens with two attached hydrogens (primary N) is 1. The number of ether oxygens (including phenoxy) is 1. The third-order valence-electron chi connectivity index (χ3n) is 7.81. The van der Waals surface area contributed by atoms with Gasteiger partial charge >= 0.3 is 5.97 Å². The van der Waals surface area contributed by atoms with Crippen molar-refractivity contribution in [2.45, 2.75) is 88.0 Å². The third-order valence-corrected chi connectivity index (χ3v) is 9.82. The standard InChI is InChI=1S/C30H35FN2O3S2/c1-29(2,3)21-15-22-25(38-28(32)33-22)16-24(21)37-26-23(34)17-30(36-27(26)35,19-9-5-4-6-10-19)13-12-18-8-7-11-20(31)14-18/h7-8,11,14-16,19,34H,4-6,9-10,12-13,17H2,1-3H3,(H2,32,33). The van der Waals surface area contributed by atoms with Crippen molar-refractivity contribution in [1.29, 1.82) is 0 Å². The Bertz CT molecular complexity index is 1390. The van der Waals surface area contributed by atoms with E-state index in [9.17, 15) is 14.3 Å². The Morgan fingerprint density at radius 1 is 1.21 bits per heavy atom. The fraction of sp³-hybridized carbons (Fsp3) is 0.467. The number of thiazole rings is 1. The van der Waals surface area contributed by atoms with Crippen LogP contribution in [-0.4, -0.2) is 21.7 Å². The molecule has 5 nitrogen and oxygen atoms in total. The molecule has 0 bridgehead atoms. The molecular weight excluding hydrogens is 519 g/mol. The number of esters is 1. The number of fused-ring (bicyclic) bond motifs is 1. The zero-order valence-corrected chi connectivity index (χ0v) is 23.8. The van der Waals surface area contributed by atoms with E-state index in [2.05, 4.69) is 25.8 Å². The van der Waals surface area contributed by atoms with Crippen LogP contribution in [0.25, 0.3) is 10.2 Å². The zero-order chi connectivity index (χ0) is 27.1. The quantitative estimate of drug-likeness (QED) is 0.300. The van der Waals surface area contributed by atoms with Gasteiger partial charge in [0.2, 0.25) is 0 Å². The summed E-state index contributed by atoms with van der Waals surface area (Å²) >= 11 is 2.67. The van der Waals surface area contributed by atoms with Gasteiger partial charge < -0.3 is 15.6 Å². The molecule has 0 spiro atoms. The van der Waals surface area contributed by atoms with Gasteiger partial charge in [-0.2, -0.15) is 0 Å². The predicted molar refractivity (Wildman–Crippen MR) is 153 cm³/mol. The largest absolute Gasteiger partial charge is 0.511 e. The molecule has 0 amide bonds. The smallest absolute Gasteiger partial charge is 0.349 e. The molecule has 3 N–H and O–H groups in total. The number of carbonyl (C=O) groups is 1. The third kappa shape index (κ3) is 5.57. The van der Waals surface area contributed by atoms with Crippen molar-refractivity contribution in [3.05, 3.63) is 64.0 Å². The second kappa shape index (κ2) is 10.5. The highest BCUT2D eigenvalue weighted by Crippen LogP contribution is 2.49. The number of cyclic esters (lactones) is 1. The first-order valence-electron chi connectivity index (χ1n) is 13.3. The molecule has 1 fully saturated rings. The first kappa shape index (κ1) is 27.0. The van der Waals surface area contributed by atoms with Crippen LogP contribution in [0.3, 0.4) is 0 Å². The van der Waals surface area contributed by atoms with E-state index < -0.39 is 11.6 Å². The van der Waals surface area contributed by atoms with Gasteiger partial charge in [-0.25, -0.2) is 14.2 Å². The van der Waals surface area contributed by atoms with Crippen LogP contribution in [0.15, 0.2) is 52.0 Å². The number of halogens is 1. The van der Waals surface area contributed by atoms with Crippen LogP contribution >= 0.6 is 23.1 Å². The molecule has 2 aromatic carbocycles. The first-order chi connectivity index (χ1) is 18.0. The molecule has 0 radical (unpaired) electrons. The molecule has 202 valence electrons. The number of carbonyl (C=O) groups excluding carboxylic acids is 1. The summed E-state index contributed by atoms with van der Waals surface area (Å²) in [6.07, 6.45) is 6.68. The molecular formula is C30H35FN2O3S2. The van der Waals surface area contributed by atoms with Gasteiger partial charge in [-0.3, -0.25) is 0 Å². The number of benzene rings is 2. The Kier molecular flexibility index (Phi) is 7.48. The van der Waals surface area contributed by atoms with Crippen LogP contribution in [0.1, 0.15) is 76.8 Å². The number of aliphatic hydroxyl groups is 1. The lowest BCUT2D eigenvalue weighted by atomic mass is 9.71. The summed E-state index contributed by atoms with van der Waals surface area (Å²) in [5.41, 5.74) is 7.70. The van der Waals surface area contributed by atoms with Gasteiger partial charge in [0.1, 0.15) is 22.1 Å². The molecule has 2 aliphatic rings. The van der Waals surface area contributed by atoms with E-state index in [0.717, 1.165) is 51.9 Å². The van der Waals surface area contributed by atoms with Crippen molar-refractivity contribution < 1.29 is 19.0 Å². The number of hydrogen-bond donors (Lipinski definition) is 2. The molecule has 1 unspecified atom stereocenters. The van der Waals surface area contributed by atoms with Crippen molar-refractivity contribution in [3.8, 4) is 0 Å². The monoisotopic (exact) mass is 554 g/mol. The van der Waals surface area contributed by atoms with Gasteiger partial charge in [0.15, 0.2) is 5.13 Å². The summed E-state index contributed by atoms with van der Waals surface area (Å²) in [5, 5.41) is 11.9. The zero-order valence-electron chi connectivity index (χ0n) is 22.2. The van der Waals surface area contributed by atoms with Crippen molar-refractivity contribution in [2.24, 2.45) is 5.92 Å². The van der Waals surface area contributed by atoms with Gasteiger partial charge in [0.05, 0.1) is 10.2 Å². The molecule has 38 heavy (non-hydrogen) atoms. The molecule has 2 heterocycles. The van der Waals surface area contributed by atoms with Crippen molar-refractivity contribution in [3.63, 3.8) is 0 Å². The van der Waals surface area contributed by atoms with E-state index in [1.165, 1.54) is 41.7 Å². The number of aromatic nitrogens is 1. The summed E-state index contributed by atoms with van der Waals surface area (Å²) in [5.74, 6) is -0.498. The summed E-state index contributed by atoms with van der Waals surface area (Å²) in [6.45, 7) is 6.34. The molecule has 1 saturated carbocycles. The Balaban J connectivity index is 1.48. The van der Waals surface area contributed by atoms with Crippen molar-refractivity contribution in [2.75, 3.05) is 5.73 Å². The SMILES string of the molecule is CC(C)(C)c1cc2nc(N)sc2cc1SC1=C(O)CC(CCc2cccc(F)c2)(C2CCCCC2)OC1=O. The van der Waals surface area contributed by atoms with Gasteiger partial charge in [0.25, 0.3) is 0 Å². The molecule has 5 rings (SSSR count). The van der Waals surface area contributed by atoms with Crippen LogP contribution in [0.2, 0.25) is 0 Å². The van der Waals surface area contributed by atoms with Crippen molar-refractivity contribution in [1.82, 2.24) is 4.98 Å². The number of nitrogens with zero attached hydrogens (tertiary/aromatic N) is 1. The van der Waals surface area contributed by atoms with Crippen molar-refractivity contribution >= 4 is 44.4 Å². The van der Waals surface area contributed by atoms with Crippen LogP contribution in [0, 0.1) is 11.7 Å². The van der Waals surface area contributed by atoms with Crippen LogP contribution in [-0.2, 0) is 21.4 Å². The molecule has 3 aromatic rings. The maximum absolute atomic E-state index is 13.8. The maximum atomic E-state index is 13.8. The topological polar surface area (TPSA) is 85.4 Å². The van der Waals surface area contributed by atoms with E-state index in [4.69, 9.17) is 10.5 Å². The minimum atomic E-state index is -0.791. The lowest BCUT2D eigenvalue weighted by molar-refractivity contribution is -0.168. The average molecular weight is 555 g/mol. The molecule has 1 atom stereocenters. The van der Waals surface area contributed by atoms with Gasteiger partial charge in [-0.1, -0.05) is 75.3 Å². The number of hydrogen-bond acceptors (Lipinski definition) is 7. The van der Waals surface area contributed by atoms with E-state index in [1.807, 2.05) is 18.2 Å². The lowest BCUT2D eigenvalue weighted by Crippen LogP contribution is -2.47. The minimum absolute atomic E-state index is 0.0832. The van der Waals surface area contributed by atoms with Crippen LogP contribution in [0.4, 0.5) is 9.52 Å². The highest BCUT2D eigenvalue weighted by Gasteiger charge is 2.48. The summed E-state index contributed by atoms with van der Waals surface area (Å²) < 4.78 is 21.1. The van der Waals surface area contributed by atoms with Crippen LogP contribution in [0.5, 0.6) is 0 Å². The fourth-order valence-electron chi connectivity index (χ4n) is 5.85. The second-order valence-electron chi connectivity index (χ2n) is 11.6. The minimum Gasteiger partial charge on any atom is -0.511 e. The predicted octanol–water partition coefficient (Wildman–Crippen LogP) is 8.08. The Morgan fingerprint density at radius 3 is 2.66 bits per heavy atom. The summed E-state index contributed by atoms with van der Waals surface area (Å²) in [6, 6.07) is 10.6. The molecule has 1 aromatic heterocycles. The van der Waals surface area contributed by atoms with Gasteiger partial charge in [-0.05, 0) is 72.4 Å². The second-order valence-corrected chi connectivity index (χ2v) is 13.7. The molecule has 1 aliphatic heterocycles.